The quantitative estimate of drug-likeness (QED) is 0.913. The van der Waals surface area contributed by atoms with Gasteiger partial charge in [0, 0.05) is 5.54 Å². The molecule has 0 amide bonds. The van der Waals surface area contributed by atoms with Gasteiger partial charge in [-0.2, -0.15) is 0 Å². The lowest BCUT2D eigenvalue weighted by atomic mass is 10.1. The van der Waals surface area contributed by atoms with Crippen LogP contribution in [0.2, 0.25) is 0 Å². The van der Waals surface area contributed by atoms with Gasteiger partial charge in [-0.3, -0.25) is 0 Å². The Bertz CT molecular complexity index is 602. The van der Waals surface area contributed by atoms with E-state index in [-0.39, 0.29) is 5.54 Å². The van der Waals surface area contributed by atoms with Gasteiger partial charge in [0.1, 0.15) is 11.5 Å². The Morgan fingerprint density at radius 3 is 2.52 bits per heavy atom. The molecule has 0 bridgehead atoms. The molecule has 0 fully saturated rings. The van der Waals surface area contributed by atoms with Gasteiger partial charge in [-0.1, -0.05) is 0 Å². The molecule has 0 unspecified atom stereocenters. The van der Waals surface area contributed by atoms with E-state index < -0.39 is 0 Å². The van der Waals surface area contributed by atoms with Crippen LogP contribution in [0.1, 0.15) is 26.7 Å². The Balaban J connectivity index is 2.24. The molecule has 1 N–H and O–H groups in total. The number of hydrogen-bond donors (Lipinski definition) is 1. The number of methoxy groups -OCH3 is 2. The molecule has 1 aromatic heterocycles. The average Bonchev–Trinajstić information content (AvgIpc) is 2.92. The van der Waals surface area contributed by atoms with Crippen molar-refractivity contribution in [2.24, 2.45) is 0 Å². The van der Waals surface area contributed by atoms with Crippen molar-refractivity contribution in [3.63, 3.8) is 0 Å². The van der Waals surface area contributed by atoms with Crippen LogP contribution in [0, 0.1) is 0 Å². The maximum Gasteiger partial charge on any atom is 0.251 e. The fourth-order valence-electron chi connectivity index (χ4n) is 1.76. The standard InChI is InChI=1S/C15H21N3O3/c1-15(2,3)16-9-13-17-18-14(21-13)11-8-10(19-4)6-7-12(11)20-5/h6-8,16H,9H2,1-5H3. The van der Waals surface area contributed by atoms with Crippen LogP contribution in [-0.2, 0) is 6.54 Å². The predicted molar refractivity (Wildman–Crippen MR) is 79.4 cm³/mol. The SMILES string of the molecule is COc1ccc(OC)c(-c2nnc(CNC(C)(C)C)o2)c1. The highest BCUT2D eigenvalue weighted by Crippen LogP contribution is 2.32. The highest BCUT2D eigenvalue weighted by molar-refractivity contribution is 5.64. The summed E-state index contributed by atoms with van der Waals surface area (Å²) < 4.78 is 16.2. The fourth-order valence-corrected chi connectivity index (χ4v) is 1.76. The topological polar surface area (TPSA) is 69.4 Å². The molecule has 114 valence electrons. The average molecular weight is 291 g/mol. The minimum atomic E-state index is -0.0116. The third kappa shape index (κ3) is 3.95. The highest BCUT2D eigenvalue weighted by Gasteiger charge is 2.16. The highest BCUT2D eigenvalue weighted by atomic mass is 16.5. The smallest absolute Gasteiger partial charge is 0.251 e. The maximum atomic E-state index is 5.69. The normalized spacial score (nSPS) is 11.5. The summed E-state index contributed by atoms with van der Waals surface area (Å²) in [6.45, 7) is 6.75. The molecule has 6 heteroatoms. The van der Waals surface area contributed by atoms with Crippen molar-refractivity contribution in [1.82, 2.24) is 15.5 Å². The molecule has 0 radical (unpaired) electrons. The minimum Gasteiger partial charge on any atom is -0.497 e. The molecule has 0 saturated heterocycles. The van der Waals surface area contributed by atoms with Crippen LogP contribution in [0.5, 0.6) is 11.5 Å². The van der Waals surface area contributed by atoms with Gasteiger partial charge in [0.25, 0.3) is 5.89 Å². The van der Waals surface area contributed by atoms with Gasteiger partial charge in [0.2, 0.25) is 5.89 Å². The zero-order valence-electron chi connectivity index (χ0n) is 13.1. The van der Waals surface area contributed by atoms with E-state index >= 15 is 0 Å². The number of nitrogens with zero attached hydrogens (tertiary/aromatic N) is 2. The molecule has 2 rings (SSSR count). The fraction of sp³-hybridized carbons (Fsp3) is 0.467. The van der Waals surface area contributed by atoms with Crippen molar-refractivity contribution < 1.29 is 13.9 Å². The van der Waals surface area contributed by atoms with Gasteiger partial charge in [-0.25, -0.2) is 0 Å². The molecule has 0 saturated carbocycles. The summed E-state index contributed by atoms with van der Waals surface area (Å²) >= 11 is 0. The van der Waals surface area contributed by atoms with Crippen LogP contribution >= 0.6 is 0 Å². The molecule has 1 heterocycles. The summed E-state index contributed by atoms with van der Waals surface area (Å²) in [6.07, 6.45) is 0. The molecular weight excluding hydrogens is 270 g/mol. The summed E-state index contributed by atoms with van der Waals surface area (Å²) in [6, 6.07) is 5.44. The molecule has 0 aliphatic heterocycles. The molecule has 21 heavy (non-hydrogen) atoms. The van der Waals surface area contributed by atoms with E-state index in [1.807, 2.05) is 18.2 Å². The van der Waals surface area contributed by atoms with Crippen LogP contribution in [0.4, 0.5) is 0 Å². The molecule has 1 aromatic carbocycles. The first-order valence-corrected chi connectivity index (χ1v) is 6.73. The molecule has 2 aromatic rings. The molecule has 6 nitrogen and oxygen atoms in total. The lowest BCUT2D eigenvalue weighted by Crippen LogP contribution is -2.35. The summed E-state index contributed by atoms with van der Waals surface area (Å²) in [4.78, 5) is 0. The van der Waals surface area contributed by atoms with Gasteiger partial charge in [-0.15, -0.1) is 10.2 Å². The molecule has 0 spiro atoms. The maximum absolute atomic E-state index is 5.69. The van der Waals surface area contributed by atoms with Crippen molar-refractivity contribution >= 4 is 0 Å². The summed E-state index contributed by atoms with van der Waals surface area (Å²) in [7, 11) is 3.21. The zero-order chi connectivity index (χ0) is 15.5. The van der Waals surface area contributed by atoms with Crippen molar-refractivity contribution in [3.8, 4) is 23.0 Å². The first-order chi connectivity index (χ1) is 9.93. The number of ether oxygens (including phenoxy) is 2. The van der Waals surface area contributed by atoms with E-state index in [1.54, 1.807) is 14.2 Å². The Hall–Kier alpha value is -2.08. The number of benzene rings is 1. The van der Waals surface area contributed by atoms with Crippen molar-refractivity contribution in [1.29, 1.82) is 0 Å². The Labute approximate surface area is 124 Å². The monoisotopic (exact) mass is 291 g/mol. The first-order valence-electron chi connectivity index (χ1n) is 6.73. The van der Waals surface area contributed by atoms with E-state index in [0.717, 1.165) is 0 Å². The van der Waals surface area contributed by atoms with Crippen molar-refractivity contribution in [2.45, 2.75) is 32.9 Å². The van der Waals surface area contributed by atoms with E-state index in [4.69, 9.17) is 13.9 Å². The van der Waals surface area contributed by atoms with Gasteiger partial charge < -0.3 is 19.2 Å². The number of nitrogens with one attached hydrogen (secondary N) is 1. The minimum absolute atomic E-state index is 0.0116. The summed E-state index contributed by atoms with van der Waals surface area (Å²) in [5, 5.41) is 11.4. The Kier molecular flexibility index (Phi) is 4.47. The lowest BCUT2D eigenvalue weighted by Gasteiger charge is -2.18. The van der Waals surface area contributed by atoms with Crippen molar-refractivity contribution in [3.05, 3.63) is 24.1 Å². The van der Waals surface area contributed by atoms with E-state index in [1.165, 1.54) is 0 Å². The van der Waals surface area contributed by atoms with E-state index in [9.17, 15) is 0 Å². The van der Waals surface area contributed by atoms with Crippen LogP contribution < -0.4 is 14.8 Å². The van der Waals surface area contributed by atoms with Gasteiger partial charge >= 0.3 is 0 Å². The number of rotatable bonds is 5. The third-order valence-corrected chi connectivity index (χ3v) is 2.87. The van der Waals surface area contributed by atoms with Gasteiger partial charge in [0.15, 0.2) is 0 Å². The third-order valence-electron chi connectivity index (χ3n) is 2.87. The first kappa shape index (κ1) is 15.3. The predicted octanol–water partition coefficient (Wildman–Crippen LogP) is 2.64. The van der Waals surface area contributed by atoms with E-state index in [0.29, 0.717) is 35.4 Å². The molecule has 0 aliphatic carbocycles. The molecule has 0 atom stereocenters. The van der Waals surface area contributed by atoms with Crippen LogP contribution in [0.25, 0.3) is 11.5 Å². The second kappa shape index (κ2) is 6.13. The van der Waals surface area contributed by atoms with Crippen LogP contribution in [0.3, 0.4) is 0 Å². The largest absolute Gasteiger partial charge is 0.497 e. The van der Waals surface area contributed by atoms with Gasteiger partial charge in [0.05, 0.1) is 26.3 Å². The van der Waals surface area contributed by atoms with Crippen molar-refractivity contribution in [2.75, 3.05) is 14.2 Å². The van der Waals surface area contributed by atoms with Crippen LogP contribution in [-0.4, -0.2) is 30.0 Å². The number of hydrogen-bond acceptors (Lipinski definition) is 6. The molecular formula is C15H21N3O3. The van der Waals surface area contributed by atoms with Gasteiger partial charge in [-0.05, 0) is 39.0 Å². The second-order valence-electron chi connectivity index (χ2n) is 5.67. The number of aromatic nitrogens is 2. The Morgan fingerprint density at radius 1 is 1.14 bits per heavy atom. The molecule has 0 aliphatic rings. The van der Waals surface area contributed by atoms with E-state index in [2.05, 4.69) is 36.3 Å². The summed E-state index contributed by atoms with van der Waals surface area (Å²) in [5.41, 5.74) is 0.703. The zero-order valence-corrected chi connectivity index (χ0v) is 13.1. The second-order valence-corrected chi connectivity index (χ2v) is 5.67. The lowest BCUT2D eigenvalue weighted by molar-refractivity contribution is 0.381. The Morgan fingerprint density at radius 2 is 1.90 bits per heavy atom. The summed E-state index contributed by atoms with van der Waals surface area (Å²) in [5.74, 6) is 2.31. The van der Waals surface area contributed by atoms with Crippen LogP contribution in [0.15, 0.2) is 22.6 Å².